The molecule has 0 aliphatic carbocycles. The summed E-state index contributed by atoms with van der Waals surface area (Å²) in [5.74, 6) is 2.32. The van der Waals surface area contributed by atoms with Crippen LogP contribution in [0.25, 0.3) is 0 Å². The molecule has 0 radical (unpaired) electrons. The summed E-state index contributed by atoms with van der Waals surface area (Å²) in [6.45, 7) is 1.12. The molecule has 0 aromatic heterocycles. The van der Waals surface area contributed by atoms with Crippen molar-refractivity contribution in [2.24, 2.45) is 5.73 Å². The number of halogens is 2. The summed E-state index contributed by atoms with van der Waals surface area (Å²) < 4.78 is 25.4. The number of alkyl halides is 2. The third-order valence-electron chi connectivity index (χ3n) is 3.50. The summed E-state index contributed by atoms with van der Waals surface area (Å²) in [6, 6.07) is 0.496. The Hall–Kier alpha value is 0.130. The van der Waals surface area contributed by atoms with Crippen molar-refractivity contribution in [2.45, 2.75) is 37.3 Å². The van der Waals surface area contributed by atoms with Gasteiger partial charge in [0.05, 0.1) is 5.54 Å². The molecule has 2 aliphatic heterocycles. The normalized spacial score (nSPS) is 35.2. The molecule has 2 rings (SSSR count). The van der Waals surface area contributed by atoms with Crippen molar-refractivity contribution < 1.29 is 8.78 Å². The van der Waals surface area contributed by atoms with Crippen molar-refractivity contribution in [3.8, 4) is 0 Å². The molecule has 15 heavy (non-hydrogen) atoms. The van der Waals surface area contributed by atoms with Crippen LogP contribution in [0.3, 0.4) is 0 Å². The van der Waals surface area contributed by atoms with Crippen LogP contribution >= 0.6 is 11.8 Å². The van der Waals surface area contributed by atoms with Crippen LogP contribution in [0.5, 0.6) is 0 Å². The van der Waals surface area contributed by atoms with E-state index in [1.807, 2.05) is 11.8 Å². The van der Waals surface area contributed by atoms with E-state index in [2.05, 4.69) is 4.90 Å². The molecule has 1 unspecified atom stereocenters. The Morgan fingerprint density at radius 3 is 2.53 bits per heavy atom. The average Bonchev–Trinajstić information content (AvgIpc) is 2.64. The van der Waals surface area contributed by atoms with Crippen molar-refractivity contribution in [3.05, 3.63) is 0 Å². The largest absolute Gasteiger partial charge is 0.319 e. The van der Waals surface area contributed by atoms with E-state index >= 15 is 0 Å². The van der Waals surface area contributed by atoms with Gasteiger partial charge in [-0.25, -0.2) is 8.78 Å². The molecule has 0 saturated carbocycles. The van der Waals surface area contributed by atoms with Crippen LogP contribution in [-0.2, 0) is 0 Å². The number of likely N-dealkylation sites (tertiary alicyclic amines) is 1. The second kappa shape index (κ2) is 4.55. The van der Waals surface area contributed by atoms with E-state index in [1.165, 1.54) is 0 Å². The number of hydrogen-bond acceptors (Lipinski definition) is 3. The van der Waals surface area contributed by atoms with Gasteiger partial charge in [0, 0.05) is 19.1 Å². The zero-order valence-corrected chi connectivity index (χ0v) is 9.61. The lowest BCUT2D eigenvalue weighted by molar-refractivity contribution is 0.0542. The molecule has 1 atom stereocenters. The van der Waals surface area contributed by atoms with E-state index in [9.17, 15) is 8.78 Å². The molecule has 5 heteroatoms. The molecular formula is C10H18F2N2S. The highest BCUT2D eigenvalue weighted by molar-refractivity contribution is 7.99. The van der Waals surface area contributed by atoms with E-state index in [4.69, 9.17) is 5.73 Å². The minimum atomic E-state index is -2.39. The van der Waals surface area contributed by atoms with Crippen molar-refractivity contribution in [1.29, 1.82) is 0 Å². The van der Waals surface area contributed by atoms with Gasteiger partial charge in [-0.3, -0.25) is 4.90 Å². The lowest BCUT2D eigenvalue weighted by Gasteiger charge is -2.32. The smallest absolute Gasteiger partial charge is 0.257 e. The molecule has 2 N–H and O–H groups in total. The van der Waals surface area contributed by atoms with E-state index in [-0.39, 0.29) is 0 Å². The van der Waals surface area contributed by atoms with Crippen molar-refractivity contribution in [1.82, 2.24) is 4.90 Å². The van der Waals surface area contributed by atoms with Crippen molar-refractivity contribution in [3.63, 3.8) is 0 Å². The minimum Gasteiger partial charge on any atom is -0.319 e. The maximum absolute atomic E-state index is 12.7. The molecule has 0 spiro atoms. The molecule has 2 nitrogen and oxygen atoms in total. The molecule has 0 aromatic rings. The first-order chi connectivity index (χ1) is 7.12. The highest BCUT2D eigenvalue weighted by Crippen LogP contribution is 2.30. The second-order valence-electron chi connectivity index (χ2n) is 4.60. The first-order valence-corrected chi connectivity index (χ1v) is 6.66. The second-order valence-corrected chi connectivity index (χ2v) is 5.82. The van der Waals surface area contributed by atoms with Gasteiger partial charge in [-0.05, 0) is 30.8 Å². The highest BCUT2D eigenvalue weighted by atomic mass is 32.2. The predicted octanol–water partition coefficient (Wildman–Crippen LogP) is 1.55. The Morgan fingerprint density at radius 1 is 1.33 bits per heavy atom. The Labute approximate surface area is 93.6 Å². The van der Waals surface area contributed by atoms with Gasteiger partial charge in [0.2, 0.25) is 0 Å². The number of rotatable bonds is 2. The molecule has 2 saturated heterocycles. The van der Waals surface area contributed by atoms with Gasteiger partial charge in [-0.2, -0.15) is 11.8 Å². The Kier molecular flexibility index (Phi) is 3.52. The van der Waals surface area contributed by atoms with Crippen LogP contribution < -0.4 is 5.73 Å². The van der Waals surface area contributed by atoms with Crippen LogP contribution in [0.4, 0.5) is 8.78 Å². The van der Waals surface area contributed by atoms with E-state index in [0.717, 1.165) is 30.9 Å². The minimum absolute atomic E-state index is 0.375. The SMILES string of the molecule is NC1(C(F)F)CCN(C2CCSCC2)C1. The van der Waals surface area contributed by atoms with Crippen LogP contribution in [0.15, 0.2) is 0 Å². The molecule has 0 amide bonds. The first-order valence-electron chi connectivity index (χ1n) is 5.51. The molecular weight excluding hydrogens is 218 g/mol. The highest BCUT2D eigenvalue weighted by Gasteiger charge is 2.44. The molecule has 2 aliphatic rings. The number of nitrogens with two attached hydrogens (primary N) is 1. The van der Waals surface area contributed by atoms with Crippen molar-refractivity contribution in [2.75, 3.05) is 24.6 Å². The molecule has 0 bridgehead atoms. The van der Waals surface area contributed by atoms with Crippen LogP contribution in [0.2, 0.25) is 0 Å². The van der Waals surface area contributed by atoms with Gasteiger partial charge in [-0.15, -0.1) is 0 Å². The van der Waals surface area contributed by atoms with E-state index in [0.29, 0.717) is 19.0 Å². The van der Waals surface area contributed by atoms with Gasteiger partial charge in [-0.1, -0.05) is 0 Å². The number of hydrogen-bond donors (Lipinski definition) is 1. The van der Waals surface area contributed by atoms with Gasteiger partial charge in [0.25, 0.3) is 6.43 Å². The Balaban J connectivity index is 1.91. The molecule has 2 heterocycles. The van der Waals surface area contributed by atoms with Gasteiger partial charge >= 0.3 is 0 Å². The zero-order valence-electron chi connectivity index (χ0n) is 8.79. The Bertz CT molecular complexity index is 221. The zero-order chi connectivity index (χ0) is 10.9. The summed E-state index contributed by atoms with van der Waals surface area (Å²) in [5.41, 5.74) is 4.46. The quantitative estimate of drug-likeness (QED) is 0.789. The maximum Gasteiger partial charge on any atom is 0.257 e. The molecule has 2 fully saturated rings. The average molecular weight is 236 g/mol. The van der Waals surface area contributed by atoms with Gasteiger partial charge in [0.15, 0.2) is 0 Å². The van der Waals surface area contributed by atoms with Gasteiger partial charge in [0.1, 0.15) is 0 Å². The summed E-state index contributed by atoms with van der Waals surface area (Å²) in [5, 5.41) is 0. The first kappa shape index (κ1) is 11.6. The third-order valence-corrected chi connectivity index (χ3v) is 4.55. The summed E-state index contributed by atoms with van der Waals surface area (Å²) in [6.07, 6.45) is 0.308. The predicted molar refractivity (Wildman–Crippen MR) is 59.5 cm³/mol. The molecule has 0 aromatic carbocycles. The summed E-state index contributed by atoms with van der Waals surface area (Å²) in [4.78, 5) is 2.17. The molecule has 88 valence electrons. The standard InChI is InChI=1S/C10H18F2N2S/c11-9(12)10(13)3-4-14(7-10)8-1-5-15-6-2-8/h8-9H,1-7,13H2. The van der Waals surface area contributed by atoms with Crippen LogP contribution in [0.1, 0.15) is 19.3 Å². The number of thioether (sulfide) groups is 1. The lowest BCUT2D eigenvalue weighted by atomic mass is 10.0. The maximum atomic E-state index is 12.7. The fraction of sp³-hybridized carbons (Fsp3) is 1.00. The summed E-state index contributed by atoms with van der Waals surface area (Å²) in [7, 11) is 0. The number of nitrogens with zero attached hydrogens (tertiary/aromatic N) is 1. The van der Waals surface area contributed by atoms with E-state index in [1.54, 1.807) is 0 Å². The Morgan fingerprint density at radius 2 is 2.00 bits per heavy atom. The monoisotopic (exact) mass is 236 g/mol. The van der Waals surface area contributed by atoms with Gasteiger partial charge < -0.3 is 5.73 Å². The topological polar surface area (TPSA) is 29.3 Å². The lowest BCUT2D eigenvalue weighted by Crippen LogP contribution is -2.50. The van der Waals surface area contributed by atoms with E-state index < -0.39 is 12.0 Å². The third kappa shape index (κ3) is 2.45. The van der Waals surface area contributed by atoms with Crippen molar-refractivity contribution >= 4 is 11.8 Å². The van der Waals surface area contributed by atoms with Crippen LogP contribution in [-0.4, -0.2) is 47.5 Å². The van der Waals surface area contributed by atoms with Crippen LogP contribution in [0, 0.1) is 0 Å². The summed E-state index contributed by atoms with van der Waals surface area (Å²) >= 11 is 1.96. The fourth-order valence-electron chi connectivity index (χ4n) is 2.43. The fourth-order valence-corrected chi connectivity index (χ4v) is 3.51.